The highest BCUT2D eigenvalue weighted by molar-refractivity contribution is 5.94. The summed E-state index contributed by atoms with van der Waals surface area (Å²) in [6, 6.07) is 4.70. The molecule has 0 aromatic carbocycles. The monoisotopic (exact) mass is 334 g/mol. The third-order valence-electron chi connectivity index (χ3n) is 3.07. The Morgan fingerprint density at radius 1 is 1.33 bits per heavy atom. The number of hydrogen-bond acceptors (Lipinski definition) is 6. The molecule has 0 radical (unpaired) electrons. The first kappa shape index (κ1) is 17.3. The van der Waals surface area contributed by atoms with Crippen molar-refractivity contribution in [1.29, 1.82) is 0 Å². The molecule has 9 heteroatoms. The van der Waals surface area contributed by atoms with E-state index in [1.165, 1.54) is 24.3 Å². The first-order valence-corrected chi connectivity index (χ1v) is 7.24. The number of anilines is 1. The van der Waals surface area contributed by atoms with Gasteiger partial charge in [-0.05, 0) is 19.1 Å². The van der Waals surface area contributed by atoms with Crippen molar-refractivity contribution in [3.63, 3.8) is 0 Å². The molecule has 2 aromatic rings. The number of nitrogens with one attached hydrogen (secondary N) is 2. The van der Waals surface area contributed by atoms with E-state index in [4.69, 9.17) is 8.94 Å². The fourth-order valence-corrected chi connectivity index (χ4v) is 1.88. The van der Waals surface area contributed by atoms with Gasteiger partial charge in [-0.2, -0.15) is 0 Å². The second kappa shape index (κ2) is 7.95. The lowest BCUT2D eigenvalue weighted by molar-refractivity contribution is -0.133. The second-order valence-corrected chi connectivity index (χ2v) is 5.10. The summed E-state index contributed by atoms with van der Waals surface area (Å²) in [6.45, 7) is 1.72. The molecule has 2 heterocycles. The number of furan rings is 1. The predicted molar refractivity (Wildman–Crippen MR) is 83.2 cm³/mol. The van der Waals surface area contributed by atoms with Crippen LogP contribution < -0.4 is 10.6 Å². The Morgan fingerprint density at radius 2 is 2.12 bits per heavy atom. The molecule has 0 aliphatic heterocycles. The average molecular weight is 334 g/mol. The van der Waals surface area contributed by atoms with Crippen LogP contribution in [0.2, 0.25) is 0 Å². The Hall–Kier alpha value is -3.10. The van der Waals surface area contributed by atoms with Gasteiger partial charge in [-0.1, -0.05) is 5.16 Å². The maximum absolute atomic E-state index is 11.9. The number of likely N-dealkylation sites (N-methyl/N-ethyl adjacent to an activating group) is 1. The largest absolute Gasteiger partial charge is 0.459 e. The van der Waals surface area contributed by atoms with Gasteiger partial charge in [0.05, 0.1) is 12.8 Å². The number of aromatic nitrogens is 1. The second-order valence-electron chi connectivity index (χ2n) is 5.10. The average Bonchev–Trinajstić information content (AvgIpc) is 3.18. The van der Waals surface area contributed by atoms with E-state index < -0.39 is 11.8 Å². The van der Waals surface area contributed by atoms with E-state index in [-0.39, 0.29) is 31.2 Å². The Morgan fingerprint density at radius 3 is 2.75 bits per heavy atom. The lowest BCUT2D eigenvalue weighted by atomic mass is 10.3. The Balaban J connectivity index is 1.69. The summed E-state index contributed by atoms with van der Waals surface area (Å²) in [6.07, 6.45) is 1.46. The summed E-state index contributed by atoms with van der Waals surface area (Å²) in [7, 11) is 1.50. The number of nitrogens with zero attached hydrogens (tertiary/aromatic N) is 2. The molecule has 0 fully saturated rings. The van der Waals surface area contributed by atoms with Crippen LogP contribution in [0, 0.1) is 6.92 Å². The topological polar surface area (TPSA) is 118 Å². The van der Waals surface area contributed by atoms with Gasteiger partial charge in [0.25, 0.3) is 5.91 Å². The van der Waals surface area contributed by atoms with Crippen LogP contribution in [-0.4, -0.2) is 47.9 Å². The fourth-order valence-electron chi connectivity index (χ4n) is 1.88. The van der Waals surface area contributed by atoms with Crippen molar-refractivity contribution in [3.8, 4) is 0 Å². The molecule has 0 bridgehead atoms. The standard InChI is InChI=1S/C15H18N4O5/c1-10-8-12(18-24-10)17-13(20)9-19(2)14(21)5-6-16-15(22)11-4-3-7-23-11/h3-4,7-8H,5-6,9H2,1-2H3,(H,16,22)(H,17,18,20). The molecule has 0 atom stereocenters. The van der Waals surface area contributed by atoms with Crippen molar-refractivity contribution in [2.24, 2.45) is 0 Å². The predicted octanol–water partition coefficient (Wildman–Crippen LogP) is 0.793. The van der Waals surface area contributed by atoms with Crippen molar-refractivity contribution in [2.45, 2.75) is 13.3 Å². The third kappa shape index (κ3) is 4.97. The number of aryl methyl sites for hydroxylation is 1. The van der Waals surface area contributed by atoms with Crippen LogP contribution in [0.25, 0.3) is 0 Å². The summed E-state index contributed by atoms with van der Waals surface area (Å²) >= 11 is 0. The van der Waals surface area contributed by atoms with Gasteiger partial charge in [0.1, 0.15) is 5.76 Å². The zero-order valence-electron chi connectivity index (χ0n) is 13.4. The van der Waals surface area contributed by atoms with E-state index in [9.17, 15) is 14.4 Å². The lowest BCUT2D eigenvalue weighted by Gasteiger charge is -2.16. The number of carbonyl (C=O) groups is 3. The summed E-state index contributed by atoms with van der Waals surface area (Å²) in [4.78, 5) is 36.6. The molecule has 0 saturated carbocycles. The van der Waals surface area contributed by atoms with Crippen molar-refractivity contribution in [3.05, 3.63) is 36.0 Å². The first-order chi connectivity index (χ1) is 11.5. The molecular weight excluding hydrogens is 316 g/mol. The highest BCUT2D eigenvalue weighted by Crippen LogP contribution is 2.06. The SMILES string of the molecule is Cc1cc(NC(=O)CN(C)C(=O)CCNC(=O)c2ccco2)no1. The zero-order valence-corrected chi connectivity index (χ0v) is 13.4. The third-order valence-corrected chi connectivity index (χ3v) is 3.07. The van der Waals surface area contributed by atoms with Crippen LogP contribution in [-0.2, 0) is 9.59 Å². The summed E-state index contributed by atoms with van der Waals surface area (Å²) in [5.41, 5.74) is 0. The molecule has 2 rings (SSSR count). The van der Waals surface area contributed by atoms with E-state index in [0.717, 1.165) is 0 Å². The van der Waals surface area contributed by atoms with Crippen molar-refractivity contribution >= 4 is 23.5 Å². The summed E-state index contributed by atoms with van der Waals surface area (Å²) in [5, 5.41) is 8.72. The molecule has 0 aliphatic carbocycles. The van der Waals surface area contributed by atoms with Gasteiger partial charge >= 0.3 is 0 Å². The molecule has 9 nitrogen and oxygen atoms in total. The van der Waals surface area contributed by atoms with Gasteiger partial charge in [-0.25, -0.2) is 0 Å². The van der Waals surface area contributed by atoms with Gasteiger partial charge in [-0.3, -0.25) is 14.4 Å². The molecule has 2 aromatic heterocycles. The van der Waals surface area contributed by atoms with Gasteiger partial charge in [-0.15, -0.1) is 0 Å². The molecule has 0 saturated heterocycles. The number of carbonyl (C=O) groups excluding carboxylic acids is 3. The van der Waals surface area contributed by atoms with Crippen LogP contribution in [0.5, 0.6) is 0 Å². The highest BCUT2D eigenvalue weighted by atomic mass is 16.5. The summed E-state index contributed by atoms with van der Waals surface area (Å²) < 4.78 is 9.77. The lowest BCUT2D eigenvalue weighted by Crippen LogP contribution is -2.37. The normalized spacial score (nSPS) is 10.2. The van der Waals surface area contributed by atoms with E-state index in [1.54, 1.807) is 19.1 Å². The summed E-state index contributed by atoms with van der Waals surface area (Å²) in [5.74, 6) is -0.0150. The van der Waals surface area contributed by atoms with Crippen LogP contribution in [0.4, 0.5) is 5.82 Å². The van der Waals surface area contributed by atoms with E-state index in [1.807, 2.05) is 0 Å². The van der Waals surface area contributed by atoms with Crippen molar-refractivity contribution in [2.75, 3.05) is 25.5 Å². The Bertz CT molecular complexity index is 707. The van der Waals surface area contributed by atoms with Crippen molar-refractivity contribution in [1.82, 2.24) is 15.4 Å². The minimum Gasteiger partial charge on any atom is -0.459 e. The van der Waals surface area contributed by atoms with Gasteiger partial charge < -0.3 is 24.5 Å². The van der Waals surface area contributed by atoms with E-state index in [0.29, 0.717) is 11.6 Å². The quantitative estimate of drug-likeness (QED) is 0.773. The first-order valence-electron chi connectivity index (χ1n) is 7.24. The number of rotatable bonds is 7. The van der Waals surface area contributed by atoms with E-state index >= 15 is 0 Å². The Labute approximate surface area is 138 Å². The van der Waals surface area contributed by atoms with Crippen LogP contribution in [0.1, 0.15) is 22.7 Å². The van der Waals surface area contributed by atoms with Gasteiger partial charge in [0.2, 0.25) is 11.8 Å². The van der Waals surface area contributed by atoms with Crippen molar-refractivity contribution < 1.29 is 23.3 Å². The maximum atomic E-state index is 11.9. The van der Waals surface area contributed by atoms with Crippen LogP contribution >= 0.6 is 0 Å². The maximum Gasteiger partial charge on any atom is 0.286 e. The fraction of sp³-hybridized carbons (Fsp3) is 0.333. The highest BCUT2D eigenvalue weighted by Gasteiger charge is 2.15. The molecule has 2 N–H and O–H groups in total. The molecule has 128 valence electrons. The van der Waals surface area contributed by atoms with E-state index in [2.05, 4.69) is 15.8 Å². The Kier molecular flexibility index (Phi) is 5.72. The van der Waals surface area contributed by atoms with Crippen LogP contribution in [0.15, 0.2) is 33.4 Å². The molecule has 0 unspecified atom stereocenters. The molecule has 0 aliphatic rings. The van der Waals surface area contributed by atoms with Crippen LogP contribution in [0.3, 0.4) is 0 Å². The molecule has 3 amide bonds. The van der Waals surface area contributed by atoms with Gasteiger partial charge in [0.15, 0.2) is 11.6 Å². The number of amides is 3. The molecular formula is C15H18N4O5. The minimum absolute atomic E-state index is 0.0687. The minimum atomic E-state index is -0.394. The smallest absolute Gasteiger partial charge is 0.286 e. The zero-order chi connectivity index (χ0) is 17.5. The molecule has 0 spiro atoms. The van der Waals surface area contributed by atoms with Gasteiger partial charge in [0, 0.05) is 26.1 Å². The molecule has 24 heavy (non-hydrogen) atoms. The number of hydrogen-bond donors (Lipinski definition) is 2.